The molecule has 0 radical (unpaired) electrons. The van der Waals surface area contributed by atoms with Crippen molar-refractivity contribution in [2.45, 2.75) is 25.4 Å². The van der Waals surface area contributed by atoms with Gasteiger partial charge in [-0.2, -0.15) is 4.98 Å². The maximum absolute atomic E-state index is 9.96. The van der Waals surface area contributed by atoms with E-state index in [1.54, 1.807) is 6.33 Å². The molecule has 0 aliphatic carbocycles. The van der Waals surface area contributed by atoms with Gasteiger partial charge >= 0.3 is 0 Å². The Balaban J connectivity index is 1.03. The van der Waals surface area contributed by atoms with Crippen molar-refractivity contribution in [1.82, 2.24) is 24.9 Å². The number of aromatic nitrogens is 5. The molecule has 10 nitrogen and oxygen atoms in total. The minimum absolute atomic E-state index is 0.250. The fourth-order valence-corrected chi connectivity index (χ4v) is 5.11. The smallest absolute Gasteiger partial charge is 0.231 e. The molecule has 2 aromatic heterocycles. The van der Waals surface area contributed by atoms with E-state index in [1.165, 1.54) is 5.56 Å². The molecule has 4 aromatic rings. The summed E-state index contributed by atoms with van der Waals surface area (Å²) in [6.07, 6.45) is 7.87. The molecule has 10 heteroatoms. The molecule has 0 unspecified atom stereocenters. The van der Waals surface area contributed by atoms with Crippen LogP contribution in [0.3, 0.4) is 0 Å². The fraction of sp³-hybridized carbons (Fsp3) is 0.345. The molecular weight excluding hydrogens is 490 g/mol. The van der Waals surface area contributed by atoms with Crippen molar-refractivity contribution in [3.63, 3.8) is 0 Å². The highest BCUT2D eigenvalue weighted by molar-refractivity contribution is 5.60. The van der Waals surface area contributed by atoms with Crippen LogP contribution in [0, 0.1) is 0 Å². The molecule has 0 spiro atoms. The highest BCUT2D eigenvalue weighted by Gasteiger charge is 2.22. The third-order valence-electron chi connectivity index (χ3n) is 7.23. The number of anilines is 5. The molecular formula is C29H33N9O. The fourth-order valence-electron chi connectivity index (χ4n) is 5.11. The number of hydrogen-bond acceptors (Lipinski definition) is 10. The second-order valence-corrected chi connectivity index (χ2v) is 10.1. The van der Waals surface area contributed by atoms with E-state index in [-0.39, 0.29) is 6.10 Å². The third kappa shape index (κ3) is 6.23. The van der Waals surface area contributed by atoms with E-state index in [4.69, 9.17) is 0 Å². The van der Waals surface area contributed by atoms with Crippen molar-refractivity contribution < 1.29 is 5.11 Å². The number of aliphatic hydroxyl groups excluding tert-OH is 1. The third-order valence-corrected chi connectivity index (χ3v) is 7.23. The van der Waals surface area contributed by atoms with Crippen LogP contribution < -0.4 is 20.0 Å². The summed E-state index contributed by atoms with van der Waals surface area (Å²) in [5.74, 6) is 1.93. The number of nitrogens with one attached hydrogen (secondary N) is 1. The zero-order valence-corrected chi connectivity index (χ0v) is 21.9. The van der Waals surface area contributed by atoms with Crippen LogP contribution in [0.1, 0.15) is 24.0 Å². The summed E-state index contributed by atoms with van der Waals surface area (Å²) in [7, 11) is 0. The number of rotatable bonds is 7. The van der Waals surface area contributed by atoms with E-state index in [1.807, 2.05) is 30.6 Å². The van der Waals surface area contributed by atoms with E-state index >= 15 is 0 Å². The summed E-state index contributed by atoms with van der Waals surface area (Å²) < 4.78 is 0. The van der Waals surface area contributed by atoms with Gasteiger partial charge in [0.1, 0.15) is 6.33 Å². The highest BCUT2D eigenvalue weighted by Crippen LogP contribution is 2.24. The van der Waals surface area contributed by atoms with Crippen LogP contribution in [0.2, 0.25) is 0 Å². The van der Waals surface area contributed by atoms with Crippen LogP contribution in [-0.4, -0.2) is 75.4 Å². The van der Waals surface area contributed by atoms with Gasteiger partial charge in [0.2, 0.25) is 17.8 Å². The van der Waals surface area contributed by atoms with Crippen LogP contribution >= 0.6 is 0 Å². The number of benzene rings is 2. The molecule has 200 valence electrons. The summed E-state index contributed by atoms with van der Waals surface area (Å²) in [5, 5.41) is 13.3. The predicted molar refractivity (Wildman–Crippen MR) is 153 cm³/mol. The van der Waals surface area contributed by atoms with E-state index < -0.39 is 0 Å². The lowest BCUT2D eigenvalue weighted by Gasteiger charge is -2.34. The van der Waals surface area contributed by atoms with Gasteiger partial charge in [0, 0.05) is 69.5 Å². The number of piperidine rings is 1. The molecule has 6 rings (SSSR count). The first-order chi connectivity index (χ1) is 19.2. The number of aliphatic hydroxyl groups is 1. The molecule has 2 aliphatic heterocycles. The van der Waals surface area contributed by atoms with Gasteiger partial charge in [0.25, 0.3) is 0 Å². The Bertz CT molecular complexity index is 1340. The van der Waals surface area contributed by atoms with Gasteiger partial charge in [-0.25, -0.2) is 19.9 Å². The Hall–Kier alpha value is -4.31. The molecule has 0 amide bonds. The van der Waals surface area contributed by atoms with Gasteiger partial charge in [0.15, 0.2) is 0 Å². The molecule has 2 saturated heterocycles. The lowest BCUT2D eigenvalue weighted by molar-refractivity contribution is 0.154. The Labute approximate surface area is 228 Å². The SMILES string of the molecule is O[C@@H]1CCCN(c2ccc(Nc3ncnc(N4CCN(c5ncc(Cc6ccccc6)cn5)CC4)n3)cc2)C1. The Morgan fingerprint density at radius 3 is 2.18 bits per heavy atom. The standard InChI is InChI=1S/C29H33N9O/c39-26-7-4-12-38(20-26)25-10-8-24(9-11-25)34-27-32-21-33-29(35-27)37-15-13-36(14-16-37)28-30-18-23(19-31-28)17-22-5-2-1-3-6-22/h1-3,5-6,8-11,18-19,21,26,39H,4,7,12-17,20H2,(H,32,33,34,35)/t26-/m1/s1. The zero-order valence-electron chi connectivity index (χ0n) is 21.9. The van der Waals surface area contributed by atoms with Crippen molar-refractivity contribution in [2.75, 3.05) is 59.3 Å². The predicted octanol–water partition coefficient (Wildman–Crippen LogP) is 3.28. The quantitative estimate of drug-likeness (QED) is 0.375. The monoisotopic (exact) mass is 523 g/mol. The van der Waals surface area contributed by atoms with Crippen LogP contribution in [0.15, 0.2) is 73.3 Å². The van der Waals surface area contributed by atoms with Crippen molar-refractivity contribution in [2.24, 2.45) is 0 Å². The van der Waals surface area contributed by atoms with Crippen LogP contribution in [0.5, 0.6) is 0 Å². The molecule has 2 N–H and O–H groups in total. The highest BCUT2D eigenvalue weighted by atomic mass is 16.3. The van der Waals surface area contributed by atoms with E-state index in [9.17, 15) is 5.11 Å². The number of nitrogens with zero attached hydrogens (tertiary/aromatic N) is 8. The Kier molecular flexibility index (Phi) is 7.44. The lowest BCUT2D eigenvalue weighted by Crippen LogP contribution is -2.47. The number of β-amino-alcohol motifs (C(OH)–C–C–N with tert-alkyl or cyclic N) is 1. The zero-order chi connectivity index (χ0) is 26.4. The van der Waals surface area contributed by atoms with Gasteiger partial charge in [-0.3, -0.25) is 0 Å². The first kappa shape index (κ1) is 25.0. The number of hydrogen-bond donors (Lipinski definition) is 2. The molecule has 2 aromatic carbocycles. The van der Waals surface area contributed by atoms with Gasteiger partial charge in [-0.1, -0.05) is 30.3 Å². The maximum Gasteiger partial charge on any atom is 0.231 e. The summed E-state index contributed by atoms with van der Waals surface area (Å²) in [6.45, 7) is 4.78. The van der Waals surface area contributed by atoms with Gasteiger partial charge in [-0.15, -0.1) is 0 Å². The Morgan fingerprint density at radius 1 is 0.744 bits per heavy atom. The van der Waals surface area contributed by atoms with E-state index in [0.29, 0.717) is 18.4 Å². The molecule has 0 saturated carbocycles. The normalized spacial score (nSPS) is 17.8. The van der Waals surface area contributed by atoms with Crippen LogP contribution in [0.4, 0.5) is 29.2 Å². The molecule has 4 heterocycles. The second-order valence-electron chi connectivity index (χ2n) is 10.1. The minimum Gasteiger partial charge on any atom is -0.391 e. The van der Waals surface area contributed by atoms with Crippen molar-refractivity contribution in [3.05, 3.63) is 84.4 Å². The molecule has 0 bridgehead atoms. The van der Waals surface area contributed by atoms with E-state index in [0.717, 1.165) is 74.9 Å². The first-order valence-electron chi connectivity index (χ1n) is 13.5. The van der Waals surface area contributed by atoms with Gasteiger partial charge in [0.05, 0.1) is 6.10 Å². The van der Waals surface area contributed by atoms with E-state index in [2.05, 4.69) is 81.3 Å². The Morgan fingerprint density at radius 2 is 1.46 bits per heavy atom. The maximum atomic E-state index is 9.96. The van der Waals surface area contributed by atoms with Crippen LogP contribution in [0.25, 0.3) is 0 Å². The minimum atomic E-state index is -0.250. The largest absolute Gasteiger partial charge is 0.391 e. The van der Waals surface area contributed by atoms with Crippen molar-refractivity contribution >= 4 is 29.2 Å². The summed E-state index contributed by atoms with van der Waals surface area (Å²) in [5.41, 5.74) is 4.38. The summed E-state index contributed by atoms with van der Waals surface area (Å²) >= 11 is 0. The lowest BCUT2D eigenvalue weighted by atomic mass is 10.1. The van der Waals surface area contributed by atoms with Gasteiger partial charge in [-0.05, 0) is 48.2 Å². The summed E-state index contributed by atoms with van der Waals surface area (Å²) in [4.78, 5) is 29.2. The molecule has 39 heavy (non-hydrogen) atoms. The number of piperazine rings is 1. The average molecular weight is 524 g/mol. The van der Waals surface area contributed by atoms with Gasteiger partial charge < -0.3 is 25.1 Å². The van der Waals surface area contributed by atoms with Crippen molar-refractivity contribution in [1.29, 1.82) is 0 Å². The first-order valence-corrected chi connectivity index (χ1v) is 13.5. The van der Waals surface area contributed by atoms with Crippen LogP contribution in [-0.2, 0) is 6.42 Å². The topological polar surface area (TPSA) is 106 Å². The molecule has 2 fully saturated rings. The molecule has 1 atom stereocenters. The summed E-state index contributed by atoms with van der Waals surface area (Å²) in [6, 6.07) is 18.5. The van der Waals surface area contributed by atoms with Crippen molar-refractivity contribution in [3.8, 4) is 0 Å². The molecule has 2 aliphatic rings. The average Bonchev–Trinajstić information content (AvgIpc) is 2.99. The second kappa shape index (κ2) is 11.6.